The molecule has 1 aromatic carbocycles. The summed E-state index contributed by atoms with van der Waals surface area (Å²) in [4.78, 5) is 29.8. The molecule has 1 heterocycles. The molecule has 0 saturated heterocycles. The van der Waals surface area contributed by atoms with Crippen molar-refractivity contribution in [1.82, 2.24) is 9.55 Å². The number of hydrogen-bond acceptors (Lipinski definition) is 4. The van der Waals surface area contributed by atoms with Crippen LogP contribution in [0.3, 0.4) is 0 Å². The summed E-state index contributed by atoms with van der Waals surface area (Å²) >= 11 is 0. The summed E-state index contributed by atoms with van der Waals surface area (Å²) in [5.74, 6) is -1.31. The Hall–Kier alpha value is -2.70. The zero-order chi connectivity index (χ0) is 15.0. The van der Waals surface area contributed by atoms with Gasteiger partial charge in [0.25, 0.3) is 5.56 Å². The Balaban J connectivity index is 2.21. The SMILES string of the molecule is O=c1[nH]c(=O)n(-c2ccccc2F)c(O)c1C=NC1CC1. The molecule has 0 atom stereocenters. The first-order valence-corrected chi connectivity index (χ1v) is 6.44. The van der Waals surface area contributed by atoms with E-state index in [1.54, 1.807) is 0 Å². The van der Waals surface area contributed by atoms with Gasteiger partial charge in [-0.25, -0.2) is 13.8 Å². The second kappa shape index (κ2) is 5.01. The smallest absolute Gasteiger partial charge is 0.335 e. The number of rotatable bonds is 3. The Bertz CT molecular complexity index is 834. The number of nitrogens with zero attached hydrogens (tertiary/aromatic N) is 2. The van der Waals surface area contributed by atoms with Crippen LogP contribution in [0.5, 0.6) is 5.88 Å². The Kier molecular flexibility index (Phi) is 3.17. The molecular weight excluding hydrogens is 277 g/mol. The highest BCUT2D eigenvalue weighted by atomic mass is 19.1. The van der Waals surface area contributed by atoms with E-state index >= 15 is 0 Å². The Morgan fingerprint density at radius 3 is 2.71 bits per heavy atom. The molecule has 7 heteroatoms. The van der Waals surface area contributed by atoms with Crippen LogP contribution in [-0.2, 0) is 0 Å². The molecule has 3 rings (SSSR count). The van der Waals surface area contributed by atoms with Crippen LogP contribution in [0.2, 0.25) is 0 Å². The van der Waals surface area contributed by atoms with Gasteiger partial charge in [0.1, 0.15) is 11.4 Å². The quantitative estimate of drug-likeness (QED) is 0.825. The zero-order valence-corrected chi connectivity index (χ0v) is 10.9. The highest BCUT2D eigenvalue weighted by Gasteiger charge is 2.21. The Labute approximate surface area is 118 Å². The molecule has 0 unspecified atom stereocenters. The molecule has 6 nitrogen and oxygen atoms in total. The number of nitrogens with one attached hydrogen (secondary N) is 1. The summed E-state index contributed by atoms with van der Waals surface area (Å²) < 4.78 is 14.5. The fraction of sp³-hybridized carbons (Fsp3) is 0.214. The van der Waals surface area contributed by atoms with E-state index in [0.717, 1.165) is 18.9 Å². The predicted molar refractivity (Wildman–Crippen MR) is 74.9 cm³/mol. The number of benzene rings is 1. The Morgan fingerprint density at radius 2 is 2.05 bits per heavy atom. The lowest BCUT2D eigenvalue weighted by atomic mass is 10.2. The molecule has 2 N–H and O–H groups in total. The molecule has 0 aliphatic heterocycles. The summed E-state index contributed by atoms with van der Waals surface area (Å²) in [7, 11) is 0. The predicted octanol–water partition coefficient (Wildman–Crippen LogP) is 0.952. The third-order valence-corrected chi connectivity index (χ3v) is 3.18. The van der Waals surface area contributed by atoms with E-state index in [1.165, 1.54) is 24.4 Å². The van der Waals surface area contributed by atoms with Gasteiger partial charge in [0.05, 0.1) is 11.7 Å². The van der Waals surface area contributed by atoms with Crippen molar-refractivity contribution in [3.05, 3.63) is 56.5 Å². The molecule has 1 aliphatic carbocycles. The maximum atomic E-state index is 13.8. The van der Waals surface area contributed by atoms with Crippen molar-refractivity contribution in [2.24, 2.45) is 4.99 Å². The highest BCUT2D eigenvalue weighted by Crippen LogP contribution is 2.24. The van der Waals surface area contributed by atoms with Gasteiger partial charge in [-0.1, -0.05) is 12.1 Å². The minimum atomic E-state index is -0.911. The van der Waals surface area contributed by atoms with Crippen molar-refractivity contribution >= 4 is 6.21 Å². The highest BCUT2D eigenvalue weighted by molar-refractivity contribution is 5.82. The molecule has 1 saturated carbocycles. The standard InChI is InChI=1S/C14H12FN3O3/c15-10-3-1-2-4-11(10)18-13(20)9(7-16-8-5-6-8)12(19)17-14(18)21/h1-4,7-8,20H,5-6H2,(H,17,19,21). The first kappa shape index (κ1) is 13.3. The van der Waals surface area contributed by atoms with Gasteiger partial charge in [0.2, 0.25) is 5.88 Å². The summed E-state index contributed by atoms with van der Waals surface area (Å²) in [5, 5.41) is 10.1. The van der Waals surface area contributed by atoms with Crippen molar-refractivity contribution in [3.8, 4) is 11.6 Å². The van der Waals surface area contributed by atoms with Crippen LogP contribution in [0, 0.1) is 5.82 Å². The van der Waals surface area contributed by atoms with Gasteiger partial charge in [0.15, 0.2) is 0 Å². The normalized spacial score (nSPS) is 14.7. The maximum absolute atomic E-state index is 13.8. The monoisotopic (exact) mass is 289 g/mol. The van der Waals surface area contributed by atoms with E-state index in [9.17, 15) is 19.1 Å². The van der Waals surface area contributed by atoms with E-state index in [1.807, 2.05) is 0 Å². The number of aromatic hydroxyl groups is 1. The van der Waals surface area contributed by atoms with Gasteiger partial charge in [-0.3, -0.25) is 14.8 Å². The average molecular weight is 289 g/mol. The molecule has 108 valence electrons. The number of hydrogen-bond donors (Lipinski definition) is 2. The topological polar surface area (TPSA) is 87.5 Å². The molecule has 0 amide bonds. The van der Waals surface area contributed by atoms with Crippen LogP contribution in [-0.4, -0.2) is 26.9 Å². The molecular formula is C14H12FN3O3. The van der Waals surface area contributed by atoms with E-state index in [0.29, 0.717) is 4.57 Å². The van der Waals surface area contributed by atoms with E-state index in [2.05, 4.69) is 9.98 Å². The van der Waals surface area contributed by atoms with Crippen molar-refractivity contribution in [3.63, 3.8) is 0 Å². The molecule has 1 aliphatic rings. The number of halogens is 1. The van der Waals surface area contributed by atoms with Gasteiger partial charge in [-0.2, -0.15) is 0 Å². The van der Waals surface area contributed by atoms with Crippen molar-refractivity contribution in [2.75, 3.05) is 0 Å². The van der Waals surface area contributed by atoms with Crippen molar-refractivity contribution in [1.29, 1.82) is 0 Å². The maximum Gasteiger partial charge on any atom is 0.335 e. The van der Waals surface area contributed by atoms with Gasteiger partial charge < -0.3 is 5.11 Å². The molecule has 2 aromatic rings. The summed E-state index contributed by atoms with van der Waals surface area (Å²) in [6, 6.07) is 5.62. The van der Waals surface area contributed by atoms with Crippen LogP contribution in [0.15, 0.2) is 38.8 Å². The molecule has 1 aromatic heterocycles. The van der Waals surface area contributed by atoms with Crippen molar-refractivity contribution in [2.45, 2.75) is 18.9 Å². The number of aliphatic imine (C=N–C) groups is 1. The van der Waals surface area contributed by atoms with Crippen LogP contribution in [0.4, 0.5) is 4.39 Å². The number of aromatic nitrogens is 2. The van der Waals surface area contributed by atoms with Gasteiger partial charge in [-0.15, -0.1) is 0 Å². The van der Waals surface area contributed by atoms with Gasteiger partial charge >= 0.3 is 5.69 Å². The third kappa shape index (κ3) is 2.49. The lowest BCUT2D eigenvalue weighted by Crippen LogP contribution is -2.31. The van der Waals surface area contributed by atoms with E-state index < -0.39 is 22.9 Å². The zero-order valence-electron chi connectivity index (χ0n) is 10.9. The van der Waals surface area contributed by atoms with Crippen LogP contribution < -0.4 is 11.2 Å². The van der Waals surface area contributed by atoms with Gasteiger partial charge in [0, 0.05) is 6.21 Å². The van der Waals surface area contributed by atoms with E-state index in [-0.39, 0.29) is 17.3 Å². The van der Waals surface area contributed by atoms with Crippen LogP contribution in [0.1, 0.15) is 18.4 Å². The first-order valence-electron chi connectivity index (χ1n) is 6.44. The van der Waals surface area contributed by atoms with Crippen LogP contribution >= 0.6 is 0 Å². The largest absolute Gasteiger partial charge is 0.493 e. The van der Waals surface area contributed by atoms with E-state index in [4.69, 9.17) is 0 Å². The Morgan fingerprint density at radius 1 is 1.33 bits per heavy atom. The summed E-state index contributed by atoms with van der Waals surface area (Å²) in [6.07, 6.45) is 3.09. The summed E-state index contributed by atoms with van der Waals surface area (Å²) in [6.45, 7) is 0. The van der Waals surface area contributed by atoms with Crippen molar-refractivity contribution < 1.29 is 9.50 Å². The molecule has 1 fully saturated rings. The third-order valence-electron chi connectivity index (χ3n) is 3.18. The number of H-pyrrole nitrogens is 1. The lowest BCUT2D eigenvalue weighted by molar-refractivity contribution is 0.427. The summed E-state index contributed by atoms with van der Waals surface area (Å²) in [5.41, 5.74) is -1.97. The molecule has 0 bridgehead atoms. The minimum Gasteiger partial charge on any atom is -0.493 e. The number of aromatic amines is 1. The second-order valence-corrected chi connectivity index (χ2v) is 4.79. The fourth-order valence-electron chi connectivity index (χ4n) is 1.92. The fourth-order valence-corrected chi connectivity index (χ4v) is 1.92. The minimum absolute atomic E-state index is 0.141. The molecule has 0 radical (unpaired) electrons. The molecule has 21 heavy (non-hydrogen) atoms. The van der Waals surface area contributed by atoms with Crippen LogP contribution in [0.25, 0.3) is 5.69 Å². The second-order valence-electron chi connectivity index (χ2n) is 4.79. The first-order chi connectivity index (χ1) is 10.1. The van der Waals surface area contributed by atoms with Gasteiger partial charge in [-0.05, 0) is 25.0 Å². The average Bonchev–Trinajstić information content (AvgIpc) is 3.24. The molecule has 0 spiro atoms. The number of para-hydroxylation sites is 1. The lowest BCUT2D eigenvalue weighted by Gasteiger charge is -2.10.